The van der Waals surface area contributed by atoms with E-state index in [2.05, 4.69) is 4.72 Å². The van der Waals surface area contributed by atoms with Crippen LogP contribution in [-0.4, -0.2) is 19.8 Å². The first-order chi connectivity index (χ1) is 16.5. The first-order valence-corrected chi connectivity index (χ1v) is 11.9. The van der Waals surface area contributed by atoms with Crippen LogP contribution in [0.5, 0.6) is 0 Å². The van der Waals surface area contributed by atoms with Gasteiger partial charge in [-0.25, -0.2) is 9.36 Å². The van der Waals surface area contributed by atoms with Crippen LogP contribution in [0.15, 0.2) is 113 Å². The standard InChI is InChI=1S/C27H21N3O3S/c1-19-12-15-23(16-13-19)34(33)28-26(31)20-14-17-25-24(18-20)27(32)30(22-10-6-3-7-11-22)29(25)21-8-4-2-5-9-21/h2-18H,1H3,(H,28,31). The Labute approximate surface area is 199 Å². The highest BCUT2D eigenvalue weighted by Crippen LogP contribution is 2.22. The number of aromatic nitrogens is 2. The Morgan fingerprint density at radius 3 is 2.00 bits per heavy atom. The quantitative estimate of drug-likeness (QED) is 0.386. The second-order valence-corrected chi connectivity index (χ2v) is 9.06. The monoisotopic (exact) mass is 467 g/mol. The highest BCUT2D eigenvalue weighted by molar-refractivity contribution is 7.90. The second-order valence-electron chi connectivity index (χ2n) is 7.84. The number of para-hydroxylation sites is 2. The molecule has 4 aromatic carbocycles. The molecular weight excluding hydrogens is 446 g/mol. The molecule has 0 bridgehead atoms. The Bertz CT molecular complexity index is 1530. The largest absolute Gasteiger partial charge is 0.588 e. The lowest BCUT2D eigenvalue weighted by atomic mass is 10.1. The van der Waals surface area contributed by atoms with Crippen LogP contribution in [0.25, 0.3) is 22.3 Å². The van der Waals surface area contributed by atoms with Crippen molar-refractivity contribution in [2.45, 2.75) is 11.8 Å². The molecule has 1 unspecified atom stereocenters. The molecule has 0 aliphatic rings. The summed E-state index contributed by atoms with van der Waals surface area (Å²) in [5.41, 5.74) is 3.23. The number of hydrogen-bond acceptors (Lipinski definition) is 3. The van der Waals surface area contributed by atoms with Gasteiger partial charge in [-0.15, -0.1) is 0 Å². The summed E-state index contributed by atoms with van der Waals surface area (Å²) in [6.45, 7) is 1.93. The number of nitrogens with one attached hydrogen (secondary N) is 1. The molecule has 0 aliphatic carbocycles. The van der Waals surface area contributed by atoms with Crippen LogP contribution in [0, 0.1) is 6.92 Å². The van der Waals surface area contributed by atoms with Crippen molar-refractivity contribution in [2.75, 3.05) is 0 Å². The van der Waals surface area contributed by atoms with Gasteiger partial charge in [-0.05, 0) is 61.5 Å². The van der Waals surface area contributed by atoms with Gasteiger partial charge < -0.3 is 4.55 Å². The molecule has 5 rings (SSSR count). The first kappa shape index (κ1) is 21.8. The van der Waals surface area contributed by atoms with Crippen LogP contribution in [0.2, 0.25) is 0 Å². The van der Waals surface area contributed by atoms with Gasteiger partial charge >= 0.3 is 0 Å². The van der Waals surface area contributed by atoms with E-state index >= 15 is 0 Å². The zero-order valence-electron chi connectivity index (χ0n) is 18.3. The molecule has 0 saturated carbocycles. The summed E-state index contributed by atoms with van der Waals surface area (Å²) in [6.07, 6.45) is 0. The molecule has 0 aliphatic heterocycles. The first-order valence-electron chi connectivity index (χ1n) is 10.7. The number of benzene rings is 4. The smallest absolute Gasteiger partial charge is 0.292 e. The third-order valence-corrected chi connectivity index (χ3v) is 6.60. The summed E-state index contributed by atoms with van der Waals surface area (Å²) < 4.78 is 18.5. The number of aryl methyl sites for hydroxylation is 1. The Kier molecular flexibility index (Phi) is 5.79. The highest BCUT2D eigenvalue weighted by Gasteiger charge is 2.21. The third-order valence-electron chi connectivity index (χ3n) is 5.53. The molecule has 1 aromatic heterocycles. The van der Waals surface area contributed by atoms with Crippen molar-refractivity contribution in [1.29, 1.82) is 0 Å². The van der Waals surface area contributed by atoms with Gasteiger partial charge in [-0.2, -0.15) is 4.72 Å². The average Bonchev–Trinajstić information content (AvgIpc) is 3.17. The van der Waals surface area contributed by atoms with E-state index in [1.165, 1.54) is 0 Å². The highest BCUT2D eigenvalue weighted by atomic mass is 32.2. The lowest BCUT2D eigenvalue weighted by Gasteiger charge is -2.13. The minimum atomic E-state index is -1.71. The molecule has 1 N–H and O–H groups in total. The fourth-order valence-corrected chi connectivity index (χ4v) is 4.62. The number of nitrogens with zero attached hydrogens (tertiary/aromatic N) is 2. The minimum Gasteiger partial charge on any atom is -0.588 e. The minimum absolute atomic E-state index is 0.251. The van der Waals surface area contributed by atoms with Crippen molar-refractivity contribution in [3.63, 3.8) is 0 Å². The molecule has 0 radical (unpaired) electrons. The summed E-state index contributed by atoms with van der Waals surface area (Å²) in [7, 11) is 0. The number of rotatable bonds is 5. The van der Waals surface area contributed by atoms with Crippen molar-refractivity contribution >= 4 is 28.2 Å². The molecule has 1 heterocycles. The molecular formula is C27H21N3O3S. The molecule has 0 spiro atoms. The molecule has 6 nitrogen and oxygen atoms in total. The van der Waals surface area contributed by atoms with Gasteiger partial charge in [0.1, 0.15) is 11.4 Å². The van der Waals surface area contributed by atoms with Crippen LogP contribution in [0.1, 0.15) is 15.9 Å². The van der Waals surface area contributed by atoms with Gasteiger partial charge in [0.15, 0.2) is 4.90 Å². The van der Waals surface area contributed by atoms with E-state index in [1.807, 2.05) is 84.4 Å². The molecule has 7 heteroatoms. The van der Waals surface area contributed by atoms with Gasteiger partial charge in [-0.3, -0.25) is 9.59 Å². The Morgan fingerprint density at radius 2 is 1.38 bits per heavy atom. The average molecular weight is 468 g/mol. The number of hydrogen-bond donors (Lipinski definition) is 1. The van der Waals surface area contributed by atoms with Gasteiger partial charge in [0, 0.05) is 5.56 Å². The summed E-state index contributed by atoms with van der Waals surface area (Å²) in [5, 5.41) is 0.390. The van der Waals surface area contributed by atoms with Crippen LogP contribution in [-0.2, 0) is 11.4 Å². The van der Waals surface area contributed by atoms with Gasteiger partial charge in [0.2, 0.25) is 0 Å². The predicted molar refractivity (Wildman–Crippen MR) is 134 cm³/mol. The van der Waals surface area contributed by atoms with E-state index < -0.39 is 17.3 Å². The third kappa shape index (κ3) is 4.03. The van der Waals surface area contributed by atoms with E-state index in [9.17, 15) is 14.1 Å². The maximum absolute atomic E-state index is 13.5. The van der Waals surface area contributed by atoms with E-state index in [0.717, 1.165) is 11.3 Å². The summed E-state index contributed by atoms with van der Waals surface area (Å²) >= 11 is -1.71. The molecule has 0 fully saturated rings. The van der Waals surface area contributed by atoms with Crippen molar-refractivity contribution in [3.8, 4) is 11.4 Å². The zero-order chi connectivity index (χ0) is 23.7. The van der Waals surface area contributed by atoms with Crippen LogP contribution >= 0.6 is 0 Å². The van der Waals surface area contributed by atoms with Crippen molar-refractivity contribution in [2.24, 2.45) is 0 Å². The van der Waals surface area contributed by atoms with E-state index in [0.29, 0.717) is 21.5 Å². The fourth-order valence-electron chi connectivity index (χ4n) is 3.84. The number of amides is 1. The molecule has 0 saturated heterocycles. The molecule has 168 valence electrons. The van der Waals surface area contributed by atoms with Crippen LogP contribution in [0.3, 0.4) is 0 Å². The molecule has 1 amide bonds. The number of carbonyl (C=O) groups is 1. The van der Waals surface area contributed by atoms with Crippen molar-refractivity contribution in [1.82, 2.24) is 14.1 Å². The maximum Gasteiger partial charge on any atom is 0.292 e. The van der Waals surface area contributed by atoms with Crippen LogP contribution in [0.4, 0.5) is 0 Å². The van der Waals surface area contributed by atoms with Gasteiger partial charge in [0.25, 0.3) is 11.5 Å². The fraction of sp³-hybridized carbons (Fsp3) is 0.0370. The summed E-state index contributed by atoms with van der Waals surface area (Å²) in [4.78, 5) is 26.9. The Hall–Kier alpha value is -4.07. The van der Waals surface area contributed by atoms with Gasteiger partial charge in [-0.1, -0.05) is 54.1 Å². The zero-order valence-corrected chi connectivity index (χ0v) is 19.2. The van der Waals surface area contributed by atoms with E-state index in [1.54, 1.807) is 35.0 Å². The lowest BCUT2D eigenvalue weighted by Crippen LogP contribution is -2.30. The maximum atomic E-state index is 13.5. The molecule has 1 atom stereocenters. The summed E-state index contributed by atoms with van der Waals surface area (Å²) in [5.74, 6) is -0.515. The lowest BCUT2D eigenvalue weighted by molar-refractivity contribution is 0.0981. The Balaban J connectivity index is 1.58. The van der Waals surface area contributed by atoms with Crippen molar-refractivity contribution < 1.29 is 9.35 Å². The topological polar surface area (TPSA) is 79.1 Å². The molecule has 34 heavy (non-hydrogen) atoms. The SMILES string of the molecule is Cc1ccc([S+]([O-])NC(=O)c2ccc3c(c2)c(=O)n(-c2ccccc2)n3-c2ccccc2)cc1. The Morgan fingerprint density at radius 1 is 0.794 bits per heavy atom. The second kappa shape index (κ2) is 9.05. The normalized spacial score (nSPS) is 11.9. The number of fused-ring (bicyclic) bond motifs is 1. The van der Waals surface area contributed by atoms with Crippen LogP contribution < -0.4 is 10.3 Å². The van der Waals surface area contributed by atoms with E-state index in [-0.39, 0.29) is 11.1 Å². The number of carbonyl (C=O) groups excluding carboxylic acids is 1. The van der Waals surface area contributed by atoms with E-state index in [4.69, 9.17) is 0 Å². The molecule has 5 aromatic rings. The van der Waals surface area contributed by atoms with Gasteiger partial charge in [0.05, 0.1) is 22.3 Å². The predicted octanol–water partition coefficient (Wildman–Crippen LogP) is 4.54. The van der Waals surface area contributed by atoms with Crippen molar-refractivity contribution in [3.05, 3.63) is 125 Å². The summed E-state index contributed by atoms with van der Waals surface area (Å²) in [6, 6.07) is 31.0.